The van der Waals surface area contributed by atoms with Crippen molar-refractivity contribution in [2.24, 2.45) is 5.92 Å². The molecule has 0 aliphatic carbocycles. The standard InChI is InChI=1S/C13H25N3O/c1-16-8-3-2-6-12(16)10-15-13(17)11-5-4-7-14-9-11/h11-12,14H,2-10H2,1H3,(H,15,17)/t11-,12?/m1/s1. The van der Waals surface area contributed by atoms with E-state index in [2.05, 4.69) is 22.6 Å². The summed E-state index contributed by atoms with van der Waals surface area (Å²) in [6, 6.07) is 0.546. The van der Waals surface area contributed by atoms with Crippen molar-refractivity contribution in [2.75, 3.05) is 33.2 Å². The predicted molar refractivity (Wildman–Crippen MR) is 68.9 cm³/mol. The third-order valence-electron chi connectivity index (χ3n) is 4.10. The fourth-order valence-electron chi connectivity index (χ4n) is 2.84. The Morgan fingerprint density at radius 1 is 1.35 bits per heavy atom. The molecule has 2 heterocycles. The molecule has 1 amide bonds. The van der Waals surface area contributed by atoms with Crippen LogP contribution < -0.4 is 10.6 Å². The Balaban J connectivity index is 1.71. The van der Waals surface area contributed by atoms with E-state index in [1.807, 2.05) is 0 Å². The Hall–Kier alpha value is -0.610. The fraction of sp³-hybridized carbons (Fsp3) is 0.923. The van der Waals surface area contributed by atoms with E-state index >= 15 is 0 Å². The molecule has 0 spiro atoms. The first-order valence-corrected chi connectivity index (χ1v) is 6.96. The number of hydrogen-bond donors (Lipinski definition) is 2. The molecule has 0 bridgehead atoms. The maximum atomic E-state index is 12.0. The number of carbonyl (C=O) groups excluding carboxylic acids is 1. The highest BCUT2D eigenvalue weighted by molar-refractivity contribution is 5.79. The molecule has 98 valence electrons. The van der Waals surface area contributed by atoms with Crippen molar-refractivity contribution < 1.29 is 4.79 Å². The predicted octanol–water partition coefficient (Wildman–Crippen LogP) is 0.587. The number of carbonyl (C=O) groups is 1. The van der Waals surface area contributed by atoms with Gasteiger partial charge in [0.2, 0.25) is 5.91 Å². The molecule has 0 saturated carbocycles. The largest absolute Gasteiger partial charge is 0.354 e. The molecule has 2 saturated heterocycles. The number of likely N-dealkylation sites (tertiary alicyclic amines) is 1. The van der Waals surface area contributed by atoms with E-state index in [1.165, 1.54) is 25.8 Å². The summed E-state index contributed by atoms with van der Waals surface area (Å²) in [7, 11) is 2.16. The van der Waals surface area contributed by atoms with Crippen molar-refractivity contribution >= 4 is 5.91 Å². The van der Waals surface area contributed by atoms with Gasteiger partial charge in [-0.2, -0.15) is 0 Å². The third-order valence-corrected chi connectivity index (χ3v) is 4.10. The van der Waals surface area contributed by atoms with Crippen LogP contribution in [0.5, 0.6) is 0 Å². The highest BCUT2D eigenvalue weighted by atomic mass is 16.1. The first kappa shape index (κ1) is 12.8. The van der Waals surface area contributed by atoms with Crippen LogP contribution in [0.15, 0.2) is 0 Å². The monoisotopic (exact) mass is 239 g/mol. The highest BCUT2D eigenvalue weighted by Gasteiger charge is 2.23. The molecule has 1 unspecified atom stereocenters. The molecule has 2 aliphatic rings. The van der Waals surface area contributed by atoms with Crippen LogP contribution in [-0.4, -0.2) is 50.1 Å². The Kier molecular flexibility index (Phi) is 4.80. The van der Waals surface area contributed by atoms with Crippen LogP contribution in [0.1, 0.15) is 32.1 Å². The molecule has 0 aromatic heterocycles. The van der Waals surface area contributed by atoms with Gasteiger partial charge in [0, 0.05) is 19.1 Å². The quantitative estimate of drug-likeness (QED) is 0.757. The summed E-state index contributed by atoms with van der Waals surface area (Å²) in [6.45, 7) is 3.92. The van der Waals surface area contributed by atoms with Crippen LogP contribution in [-0.2, 0) is 4.79 Å². The molecule has 2 atom stereocenters. The van der Waals surface area contributed by atoms with E-state index in [0.29, 0.717) is 6.04 Å². The van der Waals surface area contributed by atoms with Crippen LogP contribution >= 0.6 is 0 Å². The molecule has 0 aromatic rings. The van der Waals surface area contributed by atoms with Crippen molar-refractivity contribution in [3.63, 3.8) is 0 Å². The van der Waals surface area contributed by atoms with Gasteiger partial charge in [0.05, 0.1) is 5.92 Å². The van der Waals surface area contributed by atoms with Crippen molar-refractivity contribution in [1.82, 2.24) is 15.5 Å². The third kappa shape index (κ3) is 3.68. The zero-order chi connectivity index (χ0) is 12.1. The lowest BCUT2D eigenvalue weighted by molar-refractivity contribution is -0.125. The van der Waals surface area contributed by atoms with E-state index in [1.54, 1.807) is 0 Å². The van der Waals surface area contributed by atoms with Crippen molar-refractivity contribution in [3.8, 4) is 0 Å². The number of amides is 1. The zero-order valence-electron chi connectivity index (χ0n) is 10.9. The van der Waals surface area contributed by atoms with Crippen LogP contribution in [0, 0.1) is 5.92 Å². The molecular weight excluding hydrogens is 214 g/mol. The second kappa shape index (κ2) is 6.36. The van der Waals surface area contributed by atoms with E-state index in [-0.39, 0.29) is 11.8 Å². The number of nitrogens with zero attached hydrogens (tertiary/aromatic N) is 1. The molecule has 2 N–H and O–H groups in total. The summed E-state index contributed by atoms with van der Waals surface area (Å²) in [6.07, 6.45) is 5.99. The number of hydrogen-bond acceptors (Lipinski definition) is 3. The van der Waals surface area contributed by atoms with E-state index in [0.717, 1.165) is 32.5 Å². The van der Waals surface area contributed by atoms with Crippen LogP contribution in [0.3, 0.4) is 0 Å². The first-order chi connectivity index (χ1) is 8.27. The van der Waals surface area contributed by atoms with Gasteiger partial charge in [0.1, 0.15) is 0 Å². The minimum absolute atomic E-state index is 0.192. The van der Waals surface area contributed by atoms with Gasteiger partial charge in [0.15, 0.2) is 0 Å². The lowest BCUT2D eigenvalue weighted by atomic mass is 9.98. The second-order valence-electron chi connectivity index (χ2n) is 5.42. The highest BCUT2D eigenvalue weighted by Crippen LogP contribution is 2.15. The molecule has 4 heteroatoms. The smallest absolute Gasteiger partial charge is 0.224 e. The Labute approximate surface area is 104 Å². The molecule has 2 fully saturated rings. The van der Waals surface area contributed by atoms with Gasteiger partial charge in [-0.3, -0.25) is 4.79 Å². The zero-order valence-corrected chi connectivity index (χ0v) is 10.9. The maximum absolute atomic E-state index is 12.0. The molecular formula is C13H25N3O. The molecule has 0 aromatic carbocycles. The normalized spacial score (nSPS) is 31.1. The fourth-order valence-corrected chi connectivity index (χ4v) is 2.84. The molecule has 2 aliphatic heterocycles. The number of likely N-dealkylation sites (N-methyl/N-ethyl adjacent to an activating group) is 1. The Morgan fingerprint density at radius 2 is 2.24 bits per heavy atom. The van der Waals surface area contributed by atoms with Crippen LogP contribution in [0.4, 0.5) is 0 Å². The van der Waals surface area contributed by atoms with Crippen molar-refractivity contribution in [3.05, 3.63) is 0 Å². The van der Waals surface area contributed by atoms with E-state index < -0.39 is 0 Å². The summed E-state index contributed by atoms with van der Waals surface area (Å²) >= 11 is 0. The van der Waals surface area contributed by atoms with Gasteiger partial charge >= 0.3 is 0 Å². The van der Waals surface area contributed by atoms with Gasteiger partial charge in [-0.05, 0) is 45.8 Å². The van der Waals surface area contributed by atoms with Gasteiger partial charge in [0.25, 0.3) is 0 Å². The molecule has 0 radical (unpaired) electrons. The second-order valence-corrected chi connectivity index (χ2v) is 5.42. The van der Waals surface area contributed by atoms with Crippen LogP contribution in [0.25, 0.3) is 0 Å². The first-order valence-electron chi connectivity index (χ1n) is 6.96. The summed E-state index contributed by atoms with van der Waals surface area (Å²) in [5.74, 6) is 0.439. The van der Waals surface area contributed by atoms with Gasteiger partial charge in [-0.1, -0.05) is 6.42 Å². The molecule has 17 heavy (non-hydrogen) atoms. The lowest BCUT2D eigenvalue weighted by Gasteiger charge is -2.33. The minimum Gasteiger partial charge on any atom is -0.354 e. The topological polar surface area (TPSA) is 44.4 Å². The van der Waals surface area contributed by atoms with Crippen LogP contribution in [0.2, 0.25) is 0 Å². The lowest BCUT2D eigenvalue weighted by Crippen LogP contribution is -2.47. The van der Waals surface area contributed by atoms with E-state index in [9.17, 15) is 4.79 Å². The minimum atomic E-state index is 0.192. The SMILES string of the molecule is CN1CCCCC1CNC(=O)[C@@H]1CCCNC1. The van der Waals surface area contributed by atoms with Crippen molar-refractivity contribution in [1.29, 1.82) is 0 Å². The average molecular weight is 239 g/mol. The summed E-state index contributed by atoms with van der Waals surface area (Å²) < 4.78 is 0. The summed E-state index contributed by atoms with van der Waals surface area (Å²) in [5, 5.41) is 6.42. The molecule has 2 rings (SSSR count). The number of piperidine rings is 2. The van der Waals surface area contributed by atoms with E-state index in [4.69, 9.17) is 0 Å². The Bertz CT molecular complexity index is 251. The van der Waals surface area contributed by atoms with Gasteiger partial charge in [-0.25, -0.2) is 0 Å². The number of nitrogens with one attached hydrogen (secondary N) is 2. The molecule has 4 nitrogen and oxygen atoms in total. The van der Waals surface area contributed by atoms with Gasteiger partial charge in [-0.15, -0.1) is 0 Å². The maximum Gasteiger partial charge on any atom is 0.224 e. The average Bonchev–Trinajstić information content (AvgIpc) is 2.38. The van der Waals surface area contributed by atoms with Crippen molar-refractivity contribution in [2.45, 2.75) is 38.1 Å². The summed E-state index contributed by atoms with van der Waals surface area (Å²) in [4.78, 5) is 14.4. The Morgan fingerprint density at radius 3 is 2.94 bits per heavy atom. The van der Waals surface area contributed by atoms with Gasteiger partial charge < -0.3 is 15.5 Å². The number of rotatable bonds is 3. The summed E-state index contributed by atoms with van der Waals surface area (Å²) in [5.41, 5.74) is 0.